The summed E-state index contributed by atoms with van der Waals surface area (Å²) in [6, 6.07) is -0.143. The van der Waals surface area contributed by atoms with Gasteiger partial charge in [0.1, 0.15) is 10.7 Å². The maximum absolute atomic E-state index is 12.2. The Balaban J connectivity index is 2.05. The average molecular weight is 279 g/mol. The lowest BCUT2D eigenvalue weighted by Crippen LogP contribution is -2.26. The number of nitrogens with two attached hydrogens (primary N) is 1. The van der Waals surface area contributed by atoms with Crippen molar-refractivity contribution < 1.29 is 4.79 Å². The standard InChI is InChI=1S/C12H17N5OS/c1-8(13)11-15-10(7-19-11)12(18)16(2)5-9-4-14-17(3)6-9/h4,6-8H,5,13H2,1-3H3. The van der Waals surface area contributed by atoms with E-state index in [0.29, 0.717) is 12.2 Å². The summed E-state index contributed by atoms with van der Waals surface area (Å²) in [4.78, 5) is 18.1. The highest BCUT2D eigenvalue weighted by Crippen LogP contribution is 2.17. The summed E-state index contributed by atoms with van der Waals surface area (Å²) in [6.07, 6.45) is 3.64. The van der Waals surface area contributed by atoms with Gasteiger partial charge in [0.25, 0.3) is 5.91 Å². The Hall–Kier alpha value is -1.73. The van der Waals surface area contributed by atoms with Gasteiger partial charge in [0.05, 0.1) is 12.2 Å². The summed E-state index contributed by atoms with van der Waals surface area (Å²) in [6.45, 7) is 2.37. The molecule has 2 aromatic heterocycles. The van der Waals surface area contributed by atoms with Crippen molar-refractivity contribution in [3.63, 3.8) is 0 Å². The quantitative estimate of drug-likeness (QED) is 0.911. The molecule has 0 aromatic carbocycles. The van der Waals surface area contributed by atoms with Crippen molar-refractivity contribution in [1.29, 1.82) is 0 Å². The molecule has 7 heteroatoms. The molecule has 0 bridgehead atoms. The number of hydrogen-bond acceptors (Lipinski definition) is 5. The van der Waals surface area contributed by atoms with Crippen LogP contribution in [0.15, 0.2) is 17.8 Å². The lowest BCUT2D eigenvalue weighted by Gasteiger charge is -2.14. The summed E-state index contributed by atoms with van der Waals surface area (Å²) in [5, 5.41) is 6.60. The molecule has 0 saturated heterocycles. The van der Waals surface area contributed by atoms with Gasteiger partial charge in [-0.05, 0) is 6.92 Å². The van der Waals surface area contributed by atoms with Crippen LogP contribution in [0.1, 0.15) is 34.0 Å². The number of carbonyl (C=O) groups is 1. The molecular weight excluding hydrogens is 262 g/mol. The van der Waals surface area contributed by atoms with E-state index < -0.39 is 0 Å². The van der Waals surface area contributed by atoms with Gasteiger partial charge in [-0.25, -0.2) is 4.98 Å². The molecule has 1 atom stereocenters. The van der Waals surface area contributed by atoms with Gasteiger partial charge in [-0.1, -0.05) is 0 Å². The van der Waals surface area contributed by atoms with Gasteiger partial charge in [0, 0.05) is 37.8 Å². The third-order valence-corrected chi connectivity index (χ3v) is 3.70. The number of carbonyl (C=O) groups excluding carboxylic acids is 1. The molecule has 102 valence electrons. The Morgan fingerprint density at radius 3 is 2.89 bits per heavy atom. The zero-order valence-corrected chi connectivity index (χ0v) is 12.0. The zero-order valence-electron chi connectivity index (χ0n) is 11.2. The Labute approximate surface area is 115 Å². The Morgan fingerprint density at radius 2 is 2.37 bits per heavy atom. The largest absolute Gasteiger partial charge is 0.336 e. The van der Waals surface area contributed by atoms with Crippen molar-refractivity contribution in [1.82, 2.24) is 19.7 Å². The van der Waals surface area contributed by atoms with Crippen LogP contribution in [0, 0.1) is 0 Å². The summed E-state index contributed by atoms with van der Waals surface area (Å²) < 4.78 is 1.71. The van der Waals surface area contributed by atoms with Crippen LogP contribution in [-0.2, 0) is 13.6 Å². The van der Waals surface area contributed by atoms with Crippen LogP contribution in [0.3, 0.4) is 0 Å². The summed E-state index contributed by atoms with van der Waals surface area (Å²) in [5.74, 6) is -0.105. The first kappa shape index (κ1) is 13.7. The van der Waals surface area contributed by atoms with Crippen LogP contribution in [0.2, 0.25) is 0 Å². The predicted octanol–water partition coefficient (Wildman–Crippen LogP) is 1.17. The minimum atomic E-state index is -0.143. The molecule has 0 radical (unpaired) electrons. The molecule has 6 nitrogen and oxygen atoms in total. The number of amides is 1. The Kier molecular flexibility index (Phi) is 3.96. The third-order valence-electron chi connectivity index (χ3n) is 2.66. The fourth-order valence-electron chi connectivity index (χ4n) is 1.69. The molecule has 2 rings (SSSR count). The summed E-state index contributed by atoms with van der Waals surface area (Å²) >= 11 is 1.41. The number of thiazole rings is 1. The summed E-state index contributed by atoms with van der Waals surface area (Å²) in [5.41, 5.74) is 7.18. The molecule has 1 amide bonds. The van der Waals surface area contributed by atoms with E-state index in [2.05, 4.69) is 10.1 Å². The van der Waals surface area contributed by atoms with Gasteiger partial charge < -0.3 is 10.6 Å². The minimum Gasteiger partial charge on any atom is -0.336 e. The molecule has 0 aliphatic rings. The first-order valence-corrected chi connectivity index (χ1v) is 6.79. The molecule has 1 unspecified atom stereocenters. The number of hydrogen-bond donors (Lipinski definition) is 1. The van der Waals surface area contributed by atoms with Gasteiger partial charge in [0.15, 0.2) is 0 Å². The number of nitrogens with zero attached hydrogens (tertiary/aromatic N) is 4. The smallest absolute Gasteiger partial charge is 0.273 e. The van der Waals surface area contributed by atoms with Crippen LogP contribution in [0.4, 0.5) is 0 Å². The molecule has 19 heavy (non-hydrogen) atoms. The highest BCUT2D eigenvalue weighted by molar-refractivity contribution is 7.09. The second kappa shape index (κ2) is 5.50. The molecule has 2 heterocycles. The maximum atomic E-state index is 12.2. The van der Waals surface area contributed by atoms with Crippen LogP contribution >= 0.6 is 11.3 Å². The van der Waals surface area contributed by atoms with Crippen LogP contribution < -0.4 is 5.73 Å². The molecule has 2 aromatic rings. The molecule has 0 aliphatic carbocycles. The predicted molar refractivity (Wildman–Crippen MR) is 73.7 cm³/mol. The van der Waals surface area contributed by atoms with E-state index in [4.69, 9.17) is 5.73 Å². The number of rotatable bonds is 4. The van der Waals surface area contributed by atoms with Gasteiger partial charge >= 0.3 is 0 Å². The highest BCUT2D eigenvalue weighted by atomic mass is 32.1. The van der Waals surface area contributed by atoms with E-state index in [9.17, 15) is 4.79 Å². The van der Waals surface area contributed by atoms with Crippen molar-refractivity contribution in [2.24, 2.45) is 12.8 Å². The normalized spacial score (nSPS) is 12.4. The van der Waals surface area contributed by atoms with Crippen molar-refractivity contribution >= 4 is 17.2 Å². The molecule has 0 aliphatic heterocycles. The van der Waals surface area contributed by atoms with E-state index >= 15 is 0 Å². The fourth-order valence-corrected chi connectivity index (χ4v) is 2.44. The molecule has 2 N–H and O–H groups in total. The first-order valence-electron chi connectivity index (χ1n) is 5.91. The zero-order chi connectivity index (χ0) is 14.0. The first-order chi connectivity index (χ1) is 8.97. The molecular formula is C12H17N5OS. The van der Waals surface area contributed by atoms with Gasteiger partial charge in [-0.3, -0.25) is 9.48 Å². The SMILES string of the molecule is CC(N)c1nc(C(=O)N(C)Cc2cnn(C)c2)cs1. The fraction of sp³-hybridized carbons (Fsp3) is 0.417. The Morgan fingerprint density at radius 1 is 1.63 bits per heavy atom. The van der Waals surface area contributed by atoms with E-state index in [1.807, 2.05) is 20.2 Å². The third kappa shape index (κ3) is 3.18. The van der Waals surface area contributed by atoms with Crippen molar-refractivity contribution in [2.45, 2.75) is 19.5 Å². The van der Waals surface area contributed by atoms with E-state index in [0.717, 1.165) is 10.6 Å². The van der Waals surface area contributed by atoms with Crippen LogP contribution in [0.25, 0.3) is 0 Å². The molecule has 0 fully saturated rings. The lowest BCUT2D eigenvalue weighted by molar-refractivity contribution is 0.0780. The van der Waals surface area contributed by atoms with Gasteiger partial charge in [0.2, 0.25) is 0 Å². The monoisotopic (exact) mass is 279 g/mol. The van der Waals surface area contributed by atoms with Crippen molar-refractivity contribution in [2.75, 3.05) is 7.05 Å². The number of aromatic nitrogens is 3. The average Bonchev–Trinajstić information content (AvgIpc) is 2.97. The Bertz CT molecular complexity index is 574. The summed E-state index contributed by atoms with van der Waals surface area (Å²) in [7, 11) is 3.60. The van der Waals surface area contributed by atoms with E-state index in [1.54, 1.807) is 28.2 Å². The van der Waals surface area contributed by atoms with Crippen molar-refractivity contribution in [3.8, 4) is 0 Å². The number of aryl methyl sites for hydroxylation is 1. The van der Waals surface area contributed by atoms with Gasteiger partial charge in [-0.2, -0.15) is 5.10 Å². The lowest BCUT2D eigenvalue weighted by atomic mass is 10.3. The highest BCUT2D eigenvalue weighted by Gasteiger charge is 2.17. The second-order valence-electron chi connectivity index (χ2n) is 4.54. The molecule has 0 saturated carbocycles. The minimum absolute atomic E-state index is 0.105. The van der Waals surface area contributed by atoms with Crippen molar-refractivity contribution in [3.05, 3.63) is 34.0 Å². The maximum Gasteiger partial charge on any atom is 0.273 e. The molecule has 0 spiro atoms. The van der Waals surface area contributed by atoms with Crippen LogP contribution in [0.5, 0.6) is 0 Å². The van der Waals surface area contributed by atoms with E-state index in [1.165, 1.54) is 11.3 Å². The van der Waals surface area contributed by atoms with Crippen LogP contribution in [-0.4, -0.2) is 32.6 Å². The second-order valence-corrected chi connectivity index (χ2v) is 5.43. The van der Waals surface area contributed by atoms with Gasteiger partial charge in [-0.15, -0.1) is 11.3 Å². The topological polar surface area (TPSA) is 77.0 Å². The van der Waals surface area contributed by atoms with E-state index in [-0.39, 0.29) is 11.9 Å².